The molecule has 4 heteroatoms. The van der Waals surface area contributed by atoms with Crippen LogP contribution in [0.4, 0.5) is 0 Å². The Balaban J connectivity index is 2.73. The number of aliphatic hydroxyl groups is 2. The number of alkyl halides is 1. The third kappa shape index (κ3) is 2.87. The summed E-state index contributed by atoms with van der Waals surface area (Å²) < 4.78 is 0. The monoisotopic (exact) mass is 216 g/mol. The van der Waals surface area contributed by atoms with Crippen LogP contribution in [0.15, 0.2) is 24.3 Å². The highest BCUT2D eigenvalue weighted by atomic mass is 35.5. The van der Waals surface area contributed by atoms with Crippen LogP contribution in [0.1, 0.15) is 18.1 Å². The van der Waals surface area contributed by atoms with Crippen molar-refractivity contribution in [3.63, 3.8) is 0 Å². The Morgan fingerprint density at radius 2 is 2.00 bits per heavy atom. The Hall–Kier alpha value is -0.770. The molecular weight excluding hydrogens is 204 g/mol. The van der Waals surface area contributed by atoms with E-state index in [0.29, 0.717) is 12.0 Å². The van der Waals surface area contributed by atoms with E-state index in [0.717, 1.165) is 0 Å². The van der Waals surface area contributed by atoms with E-state index in [-0.39, 0.29) is 11.6 Å². The fourth-order valence-corrected chi connectivity index (χ4v) is 1.42. The van der Waals surface area contributed by atoms with Gasteiger partial charge in [-0.2, -0.15) is 0 Å². The number of halogens is 1. The van der Waals surface area contributed by atoms with Gasteiger partial charge in [0.25, 0.3) is 0 Å². The molecule has 0 aliphatic carbocycles. The Labute approximate surface area is 87.6 Å². The number of rotatable bonds is 4. The first-order chi connectivity index (χ1) is 6.65. The molecule has 0 heterocycles. The summed E-state index contributed by atoms with van der Waals surface area (Å²) in [5.74, 6) is 0.358. The van der Waals surface area contributed by atoms with Gasteiger partial charge in [-0.15, -0.1) is 11.6 Å². The van der Waals surface area contributed by atoms with Crippen LogP contribution in [-0.2, 0) is 0 Å². The molecule has 3 nitrogen and oxygen atoms in total. The van der Waals surface area contributed by atoms with Crippen molar-refractivity contribution in [3.8, 4) is 5.75 Å². The molecule has 14 heavy (non-hydrogen) atoms. The molecule has 0 aliphatic rings. The molecule has 0 saturated heterocycles. The maximum atomic E-state index is 9.62. The maximum absolute atomic E-state index is 9.62. The van der Waals surface area contributed by atoms with Crippen molar-refractivity contribution < 1.29 is 15.3 Å². The standard InChI is InChI=1S/C10H13ClO3/c11-5-4-9(13)10(14)7-2-1-3-8(12)6-7/h1-3,6,9-10,12-14H,4-5H2. The number of hydrogen-bond donors (Lipinski definition) is 3. The number of hydrogen-bond acceptors (Lipinski definition) is 3. The topological polar surface area (TPSA) is 60.7 Å². The molecule has 3 N–H and O–H groups in total. The zero-order valence-corrected chi connectivity index (χ0v) is 8.35. The highest BCUT2D eigenvalue weighted by Crippen LogP contribution is 2.22. The van der Waals surface area contributed by atoms with Gasteiger partial charge < -0.3 is 15.3 Å². The molecule has 78 valence electrons. The van der Waals surface area contributed by atoms with Crippen molar-refractivity contribution in [2.75, 3.05) is 5.88 Å². The summed E-state index contributed by atoms with van der Waals surface area (Å²) in [5, 5.41) is 28.2. The average Bonchev–Trinajstić information content (AvgIpc) is 2.17. The SMILES string of the molecule is Oc1cccc(C(O)C(O)CCCl)c1. The van der Waals surface area contributed by atoms with E-state index in [1.807, 2.05) is 0 Å². The molecule has 0 spiro atoms. The van der Waals surface area contributed by atoms with Crippen molar-refractivity contribution >= 4 is 11.6 Å². The minimum Gasteiger partial charge on any atom is -0.508 e. The molecule has 2 atom stereocenters. The van der Waals surface area contributed by atoms with Crippen molar-refractivity contribution in [2.24, 2.45) is 0 Å². The van der Waals surface area contributed by atoms with Gasteiger partial charge in [-0.3, -0.25) is 0 Å². The smallest absolute Gasteiger partial charge is 0.115 e. The van der Waals surface area contributed by atoms with E-state index < -0.39 is 12.2 Å². The van der Waals surface area contributed by atoms with Crippen LogP contribution in [0.3, 0.4) is 0 Å². The van der Waals surface area contributed by atoms with Gasteiger partial charge in [0.2, 0.25) is 0 Å². The van der Waals surface area contributed by atoms with E-state index in [1.165, 1.54) is 12.1 Å². The number of aromatic hydroxyl groups is 1. The fourth-order valence-electron chi connectivity index (χ4n) is 1.20. The van der Waals surface area contributed by atoms with E-state index in [4.69, 9.17) is 16.7 Å². The van der Waals surface area contributed by atoms with E-state index in [2.05, 4.69) is 0 Å². The van der Waals surface area contributed by atoms with Crippen molar-refractivity contribution in [1.29, 1.82) is 0 Å². The number of aliphatic hydroxyl groups excluding tert-OH is 2. The molecular formula is C10H13ClO3. The lowest BCUT2D eigenvalue weighted by atomic mass is 10.0. The number of benzene rings is 1. The second-order valence-corrected chi connectivity index (χ2v) is 3.46. The summed E-state index contributed by atoms with van der Waals surface area (Å²) in [6.45, 7) is 0. The fraction of sp³-hybridized carbons (Fsp3) is 0.400. The molecule has 0 saturated carbocycles. The molecule has 1 rings (SSSR count). The van der Waals surface area contributed by atoms with Gasteiger partial charge in [0.05, 0.1) is 6.10 Å². The molecule has 0 aliphatic heterocycles. The minimum atomic E-state index is -0.999. The van der Waals surface area contributed by atoms with Gasteiger partial charge in [-0.25, -0.2) is 0 Å². The number of phenols is 1. The first kappa shape index (κ1) is 11.3. The van der Waals surface area contributed by atoms with E-state index >= 15 is 0 Å². The maximum Gasteiger partial charge on any atom is 0.115 e. The molecule has 2 unspecified atom stereocenters. The van der Waals surface area contributed by atoms with Crippen LogP contribution < -0.4 is 0 Å². The quantitative estimate of drug-likeness (QED) is 0.667. The number of phenolic OH excluding ortho intramolecular Hbond substituents is 1. The minimum absolute atomic E-state index is 0.0691. The lowest BCUT2D eigenvalue weighted by molar-refractivity contribution is 0.0169. The van der Waals surface area contributed by atoms with Gasteiger partial charge in [0.15, 0.2) is 0 Å². The normalized spacial score (nSPS) is 15.1. The van der Waals surface area contributed by atoms with E-state index in [9.17, 15) is 10.2 Å². The third-order valence-electron chi connectivity index (χ3n) is 1.98. The summed E-state index contributed by atoms with van der Waals surface area (Å²) in [4.78, 5) is 0. The lowest BCUT2D eigenvalue weighted by Gasteiger charge is -2.17. The molecule has 0 fully saturated rings. The first-order valence-electron chi connectivity index (χ1n) is 4.36. The highest BCUT2D eigenvalue weighted by Gasteiger charge is 2.17. The second-order valence-electron chi connectivity index (χ2n) is 3.08. The zero-order chi connectivity index (χ0) is 10.6. The summed E-state index contributed by atoms with van der Waals surface area (Å²) in [6, 6.07) is 6.18. The summed E-state index contributed by atoms with van der Waals surface area (Å²) in [5.41, 5.74) is 0.489. The molecule has 1 aromatic rings. The lowest BCUT2D eigenvalue weighted by Crippen LogP contribution is -2.18. The first-order valence-corrected chi connectivity index (χ1v) is 4.89. The van der Waals surface area contributed by atoms with Gasteiger partial charge in [-0.1, -0.05) is 12.1 Å². The Bertz CT molecular complexity index is 290. The molecule has 0 bridgehead atoms. The zero-order valence-electron chi connectivity index (χ0n) is 7.60. The van der Waals surface area contributed by atoms with Crippen LogP contribution in [0, 0.1) is 0 Å². The van der Waals surface area contributed by atoms with Gasteiger partial charge in [0.1, 0.15) is 11.9 Å². The van der Waals surface area contributed by atoms with Crippen molar-refractivity contribution in [2.45, 2.75) is 18.6 Å². The van der Waals surface area contributed by atoms with E-state index in [1.54, 1.807) is 12.1 Å². The third-order valence-corrected chi connectivity index (χ3v) is 2.20. The summed E-state index contributed by atoms with van der Waals surface area (Å²) in [7, 11) is 0. The van der Waals surface area contributed by atoms with Crippen molar-refractivity contribution in [1.82, 2.24) is 0 Å². The van der Waals surface area contributed by atoms with Gasteiger partial charge in [0, 0.05) is 5.88 Å². The predicted molar refractivity (Wildman–Crippen MR) is 54.4 cm³/mol. The van der Waals surface area contributed by atoms with Crippen LogP contribution in [0.25, 0.3) is 0 Å². The van der Waals surface area contributed by atoms with Crippen LogP contribution in [-0.4, -0.2) is 27.3 Å². The predicted octanol–water partition coefficient (Wildman–Crippen LogP) is 1.42. The van der Waals surface area contributed by atoms with Crippen LogP contribution in [0.2, 0.25) is 0 Å². The van der Waals surface area contributed by atoms with Crippen LogP contribution in [0.5, 0.6) is 5.75 Å². The Morgan fingerprint density at radius 3 is 2.57 bits per heavy atom. The molecule has 0 aromatic heterocycles. The largest absolute Gasteiger partial charge is 0.508 e. The Morgan fingerprint density at radius 1 is 1.29 bits per heavy atom. The van der Waals surface area contributed by atoms with Crippen molar-refractivity contribution in [3.05, 3.63) is 29.8 Å². The summed E-state index contributed by atoms with van der Waals surface area (Å²) in [6.07, 6.45) is -1.58. The highest BCUT2D eigenvalue weighted by molar-refractivity contribution is 6.17. The Kier molecular flexibility index (Phi) is 4.20. The average molecular weight is 217 g/mol. The summed E-state index contributed by atoms with van der Waals surface area (Å²) >= 11 is 5.44. The molecule has 1 aromatic carbocycles. The second kappa shape index (κ2) is 5.20. The van der Waals surface area contributed by atoms with Crippen LogP contribution >= 0.6 is 11.6 Å². The molecule has 0 amide bonds. The molecule has 0 radical (unpaired) electrons. The van der Waals surface area contributed by atoms with Gasteiger partial charge >= 0.3 is 0 Å². The van der Waals surface area contributed by atoms with Gasteiger partial charge in [-0.05, 0) is 24.1 Å².